The summed E-state index contributed by atoms with van der Waals surface area (Å²) < 4.78 is 24.2. The first-order valence-electron chi connectivity index (χ1n) is 14.8. The first-order chi connectivity index (χ1) is 16.6. The average Bonchev–Trinajstić information content (AvgIpc) is 2.75. The molecule has 0 aromatic carbocycles. The molecule has 4 rings (SSSR count). The highest BCUT2D eigenvalue weighted by atomic mass is 16.5. The Morgan fingerprint density at radius 3 is 1.71 bits per heavy atom. The van der Waals surface area contributed by atoms with Crippen molar-refractivity contribution >= 4 is 0 Å². The van der Waals surface area contributed by atoms with E-state index >= 15 is 0 Å². The van der Waals surface area contributed by atoms with E-state index in [0.717, 1.165) is 38.3 Å². The summed E-state index contributed by atoms with van der Waals surface area (Å²) in [7, 11) is 3.94. The van der Waals surface area contributed by atoms with Gasteiger partial charge in [0.05, 0.1) is 38.6 Å². The van der Waals surface area contributed by atoms with Crippen molar-refractivity contribution in [2.24, 2.45) is 34.5 Å². The zero-order valence-corrected chi connectivity index (χ0v) is 22.8. The van der Waals surface area contributed by atoms with Gasteiger partial charge in [-0.25, -0.2) is 0 Å². The summed E-state index contributed by atoms with van der Waals surface area (Å²) in [5.41, 5.74) is 0.487. The average molecular weight is 479 g/mol. The maximum atomic E-state index is 6.43. The second-order valence-electron chi connectivity index (χ2n) is 12.4. The van der Waals surface area contributed by atoms with Gasteiger partial charge in [0, 0.05) is 25.0 Å². The Balaban J connectivity index is 1.56. The summed E-state index contributed by atoms with van der Waals surface area (Å²) in [6, 6.07) is 0. The van der Waals surface area contributed by atoms with E-state index < -0.39 is 0 Å². The molecule has 34 heavy (non-hydrogen) atoms. The summed E-state index contributed by atoms with van der Waals surface area (Å²) in [6.07, 6.45) is 19.6. The van der Waals surface area contributed by atoms with Gasteiger partial charge in [-0.1, -0.05) is 65.2 Å². The van der Waals surface area contributed by atoms with E-state index in [1.807, 2.05) is 14.2 Å². The van der Waals surface area contributed by atoms with Gasteiger partial charge in [-0.05, 0) is 62.2 Å². The second kappa shape index (κ2) is 12.4. The fourth-order valence-corrected chi connectivity index (χ4v) is 8.46. The molecule has 0 aromatic heterocycles. The molecule has 4 fully saturated rings. The minimum atomic E-state index is 0.239. The lowest BCUT2D eigenvalue weighted by Crippen LogP contribution is -2.57. The van der Waals surface area contributed by atoms with E-state index in [1.54, 1.807) is 0 Å². The van der Waals surface area contributed by atoms with Crippen LogP contribution in [-0.4, -0.2) is 52.9 Å². The zero-order valence-electron chi connectivity index (χ0n) is 22.8. The smallest absolute Gasteiger partial charge is 0.0702 e. The van der Waals surface area contributed by atoms with Crippen molar-refractivity contribution in [1.82, 2.24) is 0 Å². The largest absolute Gasteiger partial charge is 0.380 e. The number of rotatable bonds is 9. The molecule has 2 aliphatic heterocycles. The topological polar surface area (TPSA) is 36.9 Å². The van der Waals surface area contributed by atoms with Crippen molar-refractivity contribution in [2.75, 3.05) is 40.6 Å². The van der Waals surface area contributed by atoms with Crippen LogP contribution in [0.3, 0.4) is 0 Å². The number of hydrogen-bond acceptors (Lipinski definition) is 4. The van der Waals surface area contributed by atoms with Crippen LogP contribution in [0.2, 0.25) is 0 Å². The molecule has 198 valence electrons. The first-order valence-corrected chi connectivity index (χ1v) is 14.8. The molecule has 5 atom stereocenters. The third kappa shape index (κ3) is 5.41. The van der Waals surface area contributed by atoms with E-state index in [0.29, 0.717) is 24.0 Å². The highest BCUT2D eigenvalue weighted by Gasteiger charge is 2.52. The van der Waals surface area contributed by atoms with Gasteiger partial charge in [-0.2, -0.15) is 0 Å². The number of hydrogen-bond donors (Lipinski definition) is 0. The molecule has 2 aliphatic carbocycles. The summed E-state index contributed by atoms with van der Waals surface area (Å²) >= 11 is 0. The summed E-state index contributed by atoms with van der Waals surface area (Å²) in [6.45, 7) is 8.24. The van der Waals surface area contributed by atoms with Gasteiger partial charge >= 0.3 is 0 Å². The molecule has 0 amide bonds. The van der Waals surface area contributed by atoms with Gasteiger partial charge < -0.3 is 18.9 Å². The van der Waals surface area contributed by atoms with Gasteiger partial charge in [0.2, 0.25) is 0 Å². The van der Waals surface area contributed by atoms with Crippen molar-refractivity contribution in [3.8, 4) is 0 Å². The van der Waals surface area contributed by atoms with E-state index in [-0.39, 0.29) is 10.8 Å². The van der Waals surface area contributed by atoms with Crippen molar-refractivity contribution in [2.45, 2.75) is 116 Å². The molecule has 5 unspecified atom stereocenters. The first kappa shape index (κ1) is 26.9. The second-order valence-corrected chi connectivity index (χ2v) is 12.4. The van der Waals surface area contributed by atoms with Gasteiger partial charge in [0.1, 0.15) is 0 Å². The Hall–Kier alpha value is -0.160. The van der Waals surface area contributed by atoms with Crippen LogP contribution in [0.15, 0.2) is 0 Å². The van der Waals surface area contributed by atoms with Gasteiger partial charge in [-0.3, -0.25) is 0 Å². The van der Waals surface area contributed by atoms with Crippen LogP contribution < -0.4 is 0 Å². The number of methoxy groups -OCH3 is 2. The Kier molecular flexibility index (Phi) is 9.80. The van der Waals surface area contributed by atoms with Crippen molar-refractivity contribution < 1.29 is 18.9 Å². The number of ether oxygens (including phenoxy) is 4. The molecule has 0 bridgehead atoms. The fraction of sp³-hybridized carbons (Fsp3) is 1.00. The lowest BCUT2D eigenvalue weighted by molar-refractivity contribution is -0.210. The molecule has 2 heterocycles. The molecular weight excluding hydrogens is 424 g/mol. The molecule has 0 radical (unpaired) electrons. The van der Waals surface area contributed by atoms with Gasteiger partial charge in [0.15, 0.2) is 0 Å². The van der Waals surface area contributed by atoms with E-state index in [4.69, 9.17) is 18.9 Å². The van der Waals surface area contributed by atoms with E-state index in [1.165, 1.54) is 89.9 Å². The van der Waals surface area contributed by atoms with Crippen molar-refractivity contribution in [3.05, 3.63) is 0 Å². The maximum Gasteiger partial charge on any atom is 0.0702 e. The van der Waals surface area contributed by atoms with E-state index in [9.17, 15) is 0 Å². The van der Waals surface area contributed by atoms with Crippen LogP contribution in [0.1, 0.15) is 104 Å². The monoisotopic (exact) mass is 478 g/mol. The summed E-state index contributed by atoms with van der Waals surface area (Å²) in [4.78, 5) is 0. The molecular formula is C30H54O4. The third-order valence-electron chi connectivity index (χ3n) is 10.8. The Labute approximate surface area is 210 Å². The normalized spacial score (nSPS) is 34.4. The lowest BCUT2D eigenvalue weighted by atomic mass is 9.61. The van der Waals surface area contributed by atoms with Crippen LogP contribution in [-0.2, 0) is 18.9 Å². The van der Waals surface area contributed by atoms with Crippen LogP contribution in [0, 0.1) is 34.5 Å². The molecule has 4 aliphatic rings. The minimum absolute atomic E-state index is 0.239. The maximum absolute atomic E-state index is 6.43. The van der Waals surface area contributed by atoms with Gasteiger partial charge in [-0.15, -0.1) is 0 Å². The van der Waals surface area contributed by atoms with Crippen molar-refractivity contribution in [3.63, 3.8) is 0 Å². The highest BCUT2D eigenvalue weighted by molar-refractivity contribution is 5.00. The van der Waals surface area contributed by atoms with Crippen LogP contribution in [0.25, 0.3) is 0 Å². The standard InChI is InChI=1S/C30H54O4/c1-5-29(19-33-20-29)27(31-3)24-15-12-16-26(28(32-4)30(6-2)21-34-22-30)25(18-17-24)23-13-10-8-7-9-11-14-23/h23-28H,5-22H2,1-4H3. The van der Waals surface area contributed by atoms with Crippen LogP contribution in [0.5, 0.6) is 0 Å². The Morgan fingerprint density at radius 1 is 0.647 bits per heavy atom. The van der Waals surface area contributed by atoms with Gasteiger partial charge in [0.25, 0.3) is 0 Å². The molecule has 0 spiro atoms. The zero-order chi connectivity index (χ0) is 24.0. The predicted molar refractivity (Wildman–Crippen MR) is 138 cm³/mol. The third-order valence-corrected chi connectivity index (χ3v) is 10.8. The lowest BCUT2D eigenvalue weighted by Gasteiger charge is -2.53. The van der Waals surface area contributed by atoms with E-state index in [2.05, 4.69) is 13.8 Å². The Bertz CT molecular complexity index is 580. The summed E-state index contributed by atoms with van der Waals surface area (Å²) in [5, 5.41) is 0. The molecule has 4 heteroatoms. The fourth-order valence-electron chi connectivity index (χ4n) is 8.46. The minimum Gasteiger partial charge on any atom is -0.380 e. The molecule has 0 N–H and O–H groups in total. The molecule has 4 nitrogen and oxygen atoms in total. The van der Waals surface area contributed by atoms with Crippen LogP contribution in [0.4, 0.5) is 0 Å². The highest BCUT2D eigenvalue weighted by Crippen LogP contribution is 2.50. The SMILES string of the molecule is CCC1(C(OC)C2CCCC(C(OC)C3(CC)COC3)C(C3CCCCCCC3)CC2)COC1. The van der Waals surface area contributed by atoms with Crippen LogP contribution >= 0.6 is 0 Å². The molecule has 2 saturated heterocycles. The molecule has 0 aromatic rings. The summed E-state index contributed by atoms with van der Waals surface area (Å²) in [5.74, 6) is 2.98. The predicted octanol–water partition coefficient (Wildman–Crippen LogP) is 7.04. The quantitative estimate of drug-likeness (QED) is 0.356. The van der Waals surface area contributed by atoms with Crippen molar-refractivity contribution in [1.29, 1.82) is 0 Å². The molecule has 2 saturated carbocycles. The Morgan fingerprint density at radius 2 is 1.21 bits per heavy atom.